The second-order valence-electron chi connectivity index (χ2n) is 4.90. The molecule has 23 heavy (non-hydrogen) atoms. The van der Waals surface area contributed by atoms with Crippen molar-refractivity contribution >= 4 is 15.9 Å². The number of hydrogen-bond acceptors (Lipinski definition) is 5. The maximum atomic E-state index is 14.1. The van der Waals surface area contributed by atoms with Crippen molar-refractivity contribution in [3.8, 4) is 11.5 Å². The van der Waals surface area contributed by atoms with Crippen LogP contribution in [0.3, 0.4) is 0 Å². The summed E-state index contributed by atoms with van der Waals surface area (Å²) >= 11 is 0. The predicted octanol–water partition coefficient (Wildman–Crippen LogP) is 3.40. The van der Waals surface area contributed by atoms with Gasteiger partial charge in [-0.1, -0.05) is 17.7 Å². The quantitative estimate of drug-likeness (QED) is 0.632. The zero-order valence-corrected chi connectivity index (χ0v) is 13.0. The number of halogens is 1. The van der Waals surface area contributed by atoms with Gasteiger partial charge in [0.25, 0.3) is 0 Å². The third kappa shape index (κ3) is 3.29. The van der Waals surface area contributed by atoms with Crippen LogP contribution in [0.15, 0.2) is 53.6 Å². The normalized spacial score (nSPS) is 13.9. The predicted molar refractivity (Wildman–Crippen MR) is 81.1 cm³/mol. The van der Waals surface area contributed by atoms with Crippen LogP contribution in [0, 0.1) is 6.92 Å². The average molecular weight is 336 g/mol. The van der Waals surface area contributed by atoms with Gasteiger partial charge < -0.3 is 13.7 Å². The third-order valence-electron chi connectivity index (χ3n) is 3.24. The molecule has 0 amide bonds. The Morgan fingerprint density at radius 3 is 2.57 bits per heavy atom. The fourth-order valence-corrected chi connectivity index (χ4v) is 2.77. The van der Waals surface area contributed by atoms with E-state index in [9.17, 15) is 12.8 Å². The topological polar surface area (TPSA) is 61.8 Å². The highest BCUT2D eigenvalue weighted by molar-refractivity contribution is 7.86. The van der Waals surface area contributed by atoms with E-state index < -0.39 is 15.9 Å². The molecule has 0 spiro atoms. The summed E-state index contributed by atoms with van der Waals surface area (Å²) in [5.74, 6) is 0.0705. The Hall–Kier alpha value is -2.54. The zero-order chi connectivity index (χ0) is 16.4. The van der Waals surface area contributed by atoms with E-state index in [1.807, 2.05) is 6.92 Å². The highest BCUT2D eigenvalue weighted by Gasteiger charge is 2.17. The Morgan fingerprint density at radius 2 is 1.83 bits per heavy atom. The molecule has 7 heteroatoms. The first-order chi connectivity index (χ1) is 11.0. The van der Waals surface area contributed by atoms with Crippen molar-refractivity contribution in [3.63, 3.8) is 0 Å². The number of benzene rings is 2. The Labute approximate surface area is 133 Å². The van der Waals surface area contributed by atoms with Gasteiger partial charge >= 0.3 is 10.1 Å². The van der Waals surface area contributed by atoms with Crippen molar-refractivity contribution in [2.45, 2.75) is 11.8 Å². The molecule has 1 aliphatic rings. The van der Waals surface area contributed by atoms with Gasteiger partial charge in [-0.05, 0) is 37.3 Å². The molecule has 5 nitrogen and oxygen atoms in total. The van der Waals surface area contributed by atoms with Gasteiger partial charge in [-0.15, -0.1) is 0 Å². The minimum Gasteiger partial charge on any atom is -0.454 e. The maximum Gasteiger partial charge on any atom is 0.338 e. The van der Waals surface area contributed by atoms with E-state index in [0.29, 0.717) is 17.8 Å². The standard InChI is InChI=1S/C16H13FO5S/c1-11-2-5-13(6-3-11)23(18,19)22-9-14(17)12-4-7-15-16(8-12)21-10-20-15/h2-9H,10H2,1H3/b14-9-. The molecule has 0 saturated heterocycles. The molecular formula is C16H13FO5S. The minimum atomic E-state index is -4.06. The Kier molecular flexibility index (Phi) is 3.96. The van der Waals surface area contributed by atoms with Crippen LogP contribution in [0.2, 0.25) is 0 Å². The SMILES string of the molecule is Cc1ccc(S(=O)(=O)O/C=C(\F)c2ccc3c(c2)OCO3)cc1. The van der Waals surface area contributed by atoms with Gasteiger partial charge in [0.2, 0.25) is 6.79 Å². The van der Waals surface area contributed by atoms with E-state index in [4.69, 9.17) is 9.47 Å². The Bertz CT molecular complexity index is 857. The number of hydrogen-bond donors (Lipinski definition) is 0. The largest absolute Gasteiger partial charge is 0.454 e. The number of ether oxygens (including phenoxy) is 2. The molecule has 0 aliphatic carbocycles. The maximum absolute atomic E-state index is 14.1. The van der Waals surface area contributed by atoms with Crippen molar-refractivity contribution in [1.29, 1.82) is 0 Å². The van der Waals surface area contributed by atoms with E-state index in [-0.39, 0.29) is 17.3 Å². The van der Waals surface area contributed by atoms with Crippen LogP contribution in [0.5, 0.6) is 11.5 Å². The van der Waals surface area contributed by atoms with Gasteiger partial charge in [-0.3, -0.25) is 0 Å². The van der Waals surface area contributed by atoms with E-state index >= 15 is 0 Å². The first kappa shape index (κ1) is 15.4. The van der Waals surface area contributed by atoms with Crippen LogP contribution in [-0.2, 0) is 14.3 Å². The molecule has 1 aliphatic heterocycles. The van der Waals surface area contributed by atoms with Crippen molar-refractivity contribution in [2.75, 3.05) is 6.79 Å². The molecule has 0 unspecified atom stereocenters. The lowest BCUT2D eigenvalue weighted by atomic mass is 10.2. The summed E-state index contributed by atoms with van der Waals surface area (Å²) in [6, 6.07) is 10.5. The monoisotopic (exact) mass is 336 g/mol. The van der Waals surface area contributed by atoms with E-state index in [1.165, 1.54) is 24.3 Å². The molecule has 0 saturated carbocycles. The number of aryl methyl sites for hydroxylation is 1. The molecule has 0 atom stereocenters. The number of rotatable bonds is 4. The summed E-state index contributed by atoms with van der Waals surface area (Å²) in [6.45, 7) is 1.90. The molecule has 0 fully saturated rings. The molecular weight excluding hydrogens is 323 g/mol. The molecule has 1 heterocycles. The average Bonchev–Trinajstić information content (AvgIpc) is 3.00. The van der Waals surface area contributed by atoms with E-state index in [2.05, 4.69) is 4.18 Å². The molecule has 0 radical (unpaired) electrons. The molecule has 120 valence electrons. The van der Waals surface area contributed by atoms with Gasteiger partial charge in [-0.2, -0.15) is 8.42 Å². The van der Waals surface area contributed by atoms with Gasteiger partial charge in [0.1, 0.15) is 11.2 Å². The fourth-order valence-electron chi connectivity index (χ4n) is 1.98. The van der Waals surface area contributed by atoms with Crippen molar-refractivity contribution < 1.29 is 26.5 Å². The smallest absolute Gasteiger partial charge is 0.338 e. The van der Waals surface area contributed by atoms with Crippen LogP contribution >= 0.6 is 0 Å². The lowest BCUT2D eigenvalue weighted by Gasteiger charge is -2.04. The van der Waals surface area contributed by atoms with Crippen LogP contribution in [-0.4, -0.2) is 15.2 Å². The van der Waals surface area contributed by atoms with Crippen LogP contribution in [0.4, 0.5) is 4.39 Å². The summed E-state index contributed by atoms with van der Waals surface area (Å²) in [4.78, 5) is -0.0437. The van der Waals surface area contributed by atoms with Crippen molar-refractivity contribution in [1.82, 2.24) is 0 Å². The molecule has 0 N–H and O–H groups in total. The summed E-state index contributed by atoms with van der Waals surface area (Å²) in [6.07, 6.45) is 0.562. The van der Waals surface area contributed by atoms with Gasteiger partial charge in [-0.25, -0.2) is 4.39 Å². The molecule has 2 aromatic carbocycles. The second kappa shape index (κ2) is 5.92. The van der Waals surface area contributed by atoms with Crippen molar-refractivity contribution in [2.24, 2.45) is 0 Å². The summed E-state index contributed by atoms with van der Waals surface area (Å²) in [5, 5.41) is 0. The molecule has 3 rings (SSSR count). The summed E-state index contributed by atoms with van der Waals surface area (Å²) < 4.78 is 53.0. The zero-order valence-electron chi connectivity index (χ0n) is 12.2. The third-order valence-corrected chi connectivity index (χ3v) is 4.44. The lowest BCUT2D eigenvalue weighted by Crippen LogP contribution is -2.02. The van der Waals surface area contributed by atoms with Gasteiger partial charge in [0.05, 0.1) is 0 Å². The molecule has 2 aromatic rings. The summed E-state index contributed by atoms with van der Waals surface area (Å²) in [5.41, 5.74) is 1.04. The van der Waals surface area contributed by atoms with E-state index in [0.717, 1.165) is 5.56 Å². The first-order valence-corrected chi connectivity index (χ1v) is 8.12. The lowest BCUT2D eigenvalue weighted by molar-refractivity contribution is 0.174. The molecule has 0 bridgehead atoms. The van der Waals surface area contributed by atoms with Crippen LogP contribution in [0.1, 0.15) is 11.1 Å². The van der Waals surface area contributed by atoms with Crippen molar-refractivity contribution in [3.05, 3.63) is 59.9 Å². The second-order valence-corrected chi connectivity index (χ2v) is 6.47. The fraction of sp³-hybridized carbons (Fsp3) is 0.125. The Balaban J connectivity index is 1.80. The van der Waals surface area contributed by atoms with Gasteiger partial charge in [0.15, 0.2) is 17.3 Å². The highest BCUT2D eigenvalue weighted by Crippen LogP contribution is 2.34. The highest BCUT2D eigenvalue weighted by atomic mass is 32.2. The molecule has 0 aromatic heterocycles. The Morgan fingerprint density at radius 1 is 1.13 bits per heavy atom. The first-order valence-electron chi connectivity index (χ1n) is 6.71. The van der Waals surface area contributed by atoms with Gasteiger partial charge in [0, 0.05) is 5.56 Å². The minimum absolute atomic E-state index is 0.0437. The summed E-state index contributed by atoms with van der Waals surface area (Å²) in [7, 11) is -4.06. The number of fused-ring (bicyclic) bond motifs is 1. The van der Waals surface area contributed by atoms with E-state index in [1.54, 1.807) is 18.2 Å². The van der Waals surface area contributed by atoms with Crippen LogP contribution < -0.4 is 9.47 Å². The van der Waals surface area contributed by atoms with Crippen LogP contribution in [0.25, 0.3) is 5.83 Å².